The van der Waals surface area contributed by atoms with Crippen LogP contribution in [0.5, 0.6) is 5.75 Å². The number of nitrogens with one attached hydrogen (secondary N) is 1. The summed E-state index contributed by atoms with van der Waals surface area (Å²) >= 11 is 0. The first kappa shape index (κ1) is 29.1. The zero-order valence-corrected chi connectivity index (χ0v) is 22.6. The molecule has 1 aromatic heterocycles. The van der Waals surface area contributed by atoms with Crippen molar-refractivity contribution in [1.82, 2.24) is 14.6 Å². The summed E-state index contributed by atoms with van der Waals surface area (Å²) in [4.78, 5) is 28.1. The second-order valence-corrected chi connectivity index (χ2v) is 11.7. The number of esters is 1. The van der Waals surface area contributed by atoms with Crippen molar-refractivity contribution in [3.05, 3.63) is 52.8 Å². The molecule has 2 fully saturated rings. The molecule has 0 spiro atoms. The number of carbonyl (C=O) groups excluding carboxylic acids is 1. The molecule has 2 aromatic rings. The van der Waals surface area contributed by atoms with E-state index in [0.29, 0.717) is 10.8 Å². The highest BCUT2D eigenvalue weighted by molar-refractivity contribution is 7.52. The topological polar surface area (TPSA) is 164 Å². The van der Waals surface area contributed by atoms with Crippen molar-refractivity contribution in [3.63, 3.8) is 0 Å². The van der Waals surface area contributed by atoms with Crippen molar-refractivity contribution in [1.29, 1.82) is 0 Å². The first-order chi connectivity index (χ1) is 18.3. The number of anilines is 1. The lowest BCUT2D eigenvalue weighted by Crippen LogP contribution is -2.39. The quantitative estimate of drug-likeness (QED) is 0.267. The van der Waals surface area contributed by atoms with Crippen LogP contribution in [0.1, 0.15) is 33.9 Å². The third kappa shape index (κ3) is 5.19. The Bertz CT molecular complexity index is 1330. The number of alkyl halides is 1. The smallest absolute Gasteiger partial charge is 0.459 e. The lowest BCUT2D eigenvalue weighted by atomic mass is 9.96. The molecule has 2 heterocycles. The number of fused-ring (bicyclic) bond motifs is 1. The number of nitrogens with two attached hydrogens (primary N) is 1. The molecule has 4 unspecified atom stereocenters. The highest BCUT2D eigenvalue weighted by Gasteiger charge is 2.85. The van der Waals surface area contributed by atoms with Gasteiger partial charge >= 0.3 is 19.4 Å². The van der Waals surface area contributed by atoms with E-state index in [1.54, 1.807) is 32.0 Å². The van der Waals surface area contributed by atoms with E-state index in [0.717, 1.165) is 0 Å². The van der Waals surface area contributed by atoms with Crippen LogP contribution in [0, 0.1) is 17.2 Å². The van der Waals surface area contributed by atoms with E-state index >= 15 is 4.39 Å². The third-order valence-electron chi connectivity index (χ3n) is 7.13. The first-order valence-corrected chi connectivity index (χ1v) is 13.8. The van der Waals surface area contributed by atoms with Gasteiger partial charge in [0, 0.05) is 12.5 Å². The molecule has 214 valence electrons. The molecule has 15 heteroatoms. The highest BCUT2D eigenvalue weighted by atomic mass is 31.2. The van der Waals surface area contributed by atoms with Gasteiger partial charge in [0.2, 0.25) is 0 Å². The molecular formula is C24H31F2N4O8P. The molecular weight excluding hydrogens is 541 g/mol. The van der Waals surface area contributed by atoms with Gasteiger partial charge < -0.3 is 24.8 Å². The van der Waals surface area contributed by atoms with Gasteiger partial charge in [0.15, 0.2) is 24.0 Å². The Morgan fingerprint density at radius 2 is 2.00 bits per heavy atom. The van der Waals surface area contributed by atoms with Crippen molar-refractivity contribution in [2.24, 2.45) is 11.3 Å². The number of aliphatic hydroxyl groups excluding tert-OH is 1. The predicted molar refractivity (Wildman–Crippen MR) is 134 cm³/mol. The largest absolute Gasteiger partial charge is 0.462 e. The fraction of sp³-hybridized carbons (Fsp3) is 0.542. The molecule has 1 aromatic carbocycles. The standard InChI is InChI=1S/C24H31F2N4O8P/c1-13(2)36-21(32)14(3)29-39(34,38-15-8-6-5-7-9-15)35-12-24-17(11-31)23(24,4)37-20(18(24)26)30-10-16(25)19(27)28-22(30)33/h5-10,13-14,17-18,20,31H,11-12H2,1-4H3,(H,29,34)(H2,27,28,33)/t14-,17-,18?,20-,23?,24?,39?/m0/s1. The van der Waals surface area contributed by atoms with Gasteiger partial charge in [-0.1, -0.05) is 18.2 Å². The van der Waals surface area contributed by atoms with Crippen LogP contribution in [0.25, 0.3) is 0 Å². The van der Waals surface area contributed by atoms with E-state index in [4.69, 9.17) is 24.3 Å². The SMILES string of the molecule is CC(C)OC(=O)[C@H](C)NP(=O)(OCC12C(F)[C@@H](n3cc(F)c(N)nc3=O)OC1(C)[C@@H]2CO)Oc1ccccc1. The van der Waals surface area contributed by atoms with Gasteiger partial charge in [-0.25, -0.2) is 18.1 Å². The molecule has 0 bridgehead atoms. The monoisotopic (exact) mass is 572 g/mol. The molecule has 4 N–H and O–H groups in total. The van der Waals surface area contributed by atoms with Crippen molar-refractivity contribution >= 4 is 19.5 Å². The normalized spacial score (nSPS) is 29.9. The summed E-state index contributed by atoms with van der Waals surface area (Å²) in [5, 5.41) is 12.5. The zero-order valence-electron chi connectivity index (χ0n) is 21.7. The van der Waals surface area contributed by atoms with E-state index in [1.165, 1.54) is 26.0 Å². The number of rotatable bonds is 11. The summed E-state index contributed by atoms with van der Waals surface area (Å²) in [5.41, 5.74) is 1.29. The Morgan fingerprint density at radius 1 is 1.33 bits per heavy atom. The van der Waals surface area contributed by atoms with Gasteiger partial charge in [0.1, 0.15) is 11.8 Å². The van der Waals surface area contributed by atoms with Gasteiger partial charge in [-0.15, -0.1) is 0 Å². The van der Waals surface area contributed by atoms with Gasteiger partial charge in [-0.05, 0) is 39.8 Å². The Labute approximate surface area is 223 Å². The average molecular weight is 573 g/mol. The number of halogens is 2. The summed E-state index contributed by atoms with van der Waals surface area (Å²) in [6, 6.07) is 6.82. The molecule has 0 radical (unpaired) electrons. The third-order valence-corrected chi connectivity index (χ3v) is 8.75. The zero-order chi connectivity index (χ0) is 28.8. The molecule has 1 aliphatic carbocycles. The fourth-order valence-electron chi connectivity index (χ4n) is 5.04. The van der Waals surface area contributed by atoms with Crippen LogP contribution in [-0.4, -0.2) is 57.8 Å². The molecule has 4 rings (SSSR count). The Morgan fingerprint density at radius 3 is 2.62 bits per heavy atom. The maximum absolute atomic E-state index is 16.1. The Hall–Kier alpha value is -2.90. The summed E-state index contributed by atoms with van der Waals surface area (Å²) in [6.45, 7) is 5.05. The molecule has 1 aliphatic heterocycles. The van der Waals surface area contributed by atoms with Crippen LogP contribution >= 0.6 is 7.75 Å². The number of ether oxygens (including phenoxy) is 2. The van der Waals surface area contributed by atoms with Crippen LogP contribution in [0.15, 0.2) is 41.3 Å². The van der Waals surface area contributed by atoms with Crippen LogP contribution < -0.4 is 21.0 Å². The van der Waals surface area contributed by atoms with Crippen molar-refractivity contribution in [2.45, 2.75) is 57.8 Å². The van der Waals surface area contributed by atoms with E-state index in [1.807, 2.05) is 0 Å². The summed E-state index contributed by atoms with van der Waals surface area (Å²) in [7, 11) is -4.38. The van der Waals surface area contributed by atoms with Gasteiger partial charge in [0.25, 0.3) is 0 Å². The van der Waals surface area contributed by atoms with Gasteiger partial charge in [-0.3, -0.25) is 13.9 Å². The number of nitrogens with zero attached hydrogens (tertiary/aromatic N) is 2. The number of para-hydroxylation sites is 1. The van der Waals surface area contributed by atoms with E-state index < -0.39 is 85.7 Å². The van der Waals surface area contributed by atoms with Crippen LogP contribution in [-0.2, 0) is 23.4 Å². The molecule has 1 saturated heterocycles. The molecule has 1 saturated carbocycles. The van der Waals surface area contributed by atoms with Crippen LogP contribution in [0.2, 0.25) is 0 Å². The van der Waals surface area contributed by atoms with Crippen LogP contribution in [0.4, 0.5) is 14.6 Å². The van der Waals surface area contributed by atoms with Crippen molar-refractivity contribution in [2.75, 3.05) is 18.9 Å². The maximum Gasteiger partial charge on any atom is 0.459 e. The lowest BCUT2D eigenvalue weighted by Gasteiger charge is -2.27. The highest BCUT2D eigenvalue weighted by Crippen LogP contribution is 2.74. The van der Waals surface area contributed by atoms with Crippen LogP contribution in [0.3, 0.4) is 0 Å². The lowest BCUT2D eigenvalue weighted by molar-refractivity contribution is -0.149. The molecule has 0 amide bonds. The summed E-state index contributed by atoms with van der Waals surface area (Å²) in [5.74, 6) is -3.11. The number of carbonyl (C=O) groups is 1. The Kier molecular flexibility index (Phi) is 7.89. The maximum atomic E-state index is 16.1. The molecule has 2 aliphatic rings. The second-order valence-electron chi connectivity index (χ2n) is 9.97. The van der Waals surface area contributed by atoms with Gasteiger partial charge in [-0.2, -0.15) is 10.1 Å². The number of hydrogen-bond acceptors (Lipinski definition) is 10. The number of benzene rings is 1. The number of aliphatic hydroxyl groups is 1. The molecule has 7 atom stereocenters. The molecule has 12 nitrogen and oxygen atoms in total. The fourth-order valence-corrected chi connectivity index (χ4v) is 6.58. The predicted octanol–water partition coefficient (Wildman–Crippen LogP) is 2.33. The number of nitrogen functional groups attached to an aromatic ring is 1. The van der Waals surface area contributed by atoms with E-state index in [2.05, 4.69) is 10.1 Å². The van der Waals surface area contributed by atoms with Crippen molar-refractivity contribution in [3.8, 4) is 5.75 Å². The second kappa shape index (κ2) is 10.6. The minimum atomic E-state index is -4.38. The molecule has 39 heavy (non-hydrogen) atoms. The minimum Gasteiger partial charge on any atom is -0.462 e. The number of hydrogen-bond donors (Lipinski definition) is 3. The Balaban J connectivity index is 1.62. The van der Waals surface area contributed by atoms with Gasteiger partial charge in [0.05, 0.1) is 29.9 Å². The summed E-state index contributed by atoms with van der Waals surface area (Å²) < 4.78 is 67.0. The van der Waals surface area contributed by atoms with E-state index in [-0.39, 0.29) is 5.75 Å². The van der Waals surface area contributed by atoms with Crippen molar-refractivity contribution < 1.29 is 41.8 Å². The van der Waals surface area contributed by atoms with E-state index in [9.17, 15) is 23.7 Å². The summed E-state index contributed by atoms with van der Waals surface area (Å²) in [6.07, 6.45) is -3.41. The first-order valence-electron chi connectivity index (χ1n) is 12.2. The minimum absolute atomic E-state index is 0.139. The number of aromatic nitrogens is 2. The average Bonchev–Trinajstić information content (AvgIpc) is 3.31.